The molecule has 2 aliphatic heterocycles. The minimum Gasteiger partial charge on any atom is -0.340 e. The first-order valence-electron chi connectivity index (χ1n) is 8.22. The summed E-state index contributed by atoms with van der Waals surface area (Å²) in [6.07, 6.45) is 2.97. The van der Waals surface area contributed by atoms with E-state index in [1.54, 1.807) is 0 Å². The number of piperazine rings is 1. The van der Waals surface area contributed by atoms with E-state index in [1.807, 2.05) is 17.0 Å². The molecule has 1 amide bonds. The van der Waals surface area contributed by atoms with Crippen LogP contribution in [0.4, 0.5) is 0 Å². The van der Waals surface area contributed by atoms with Gasteiger partial charge in [0.1, 0.15) is 0 Å². The van der Waals surface area contributed by atoms with Crippen molar-refractivity contribution in [2.75, 3.05) is 39.3 Å². The van der Waals surface area contributed by atoms with Crippen molar-refractivity contribution in [1.29, 1.82) is 0 Å². The molecule has 0 aromatic heterocycles. The second-order valence-electron chi connectivity index (χ2n) is 6.13. The number of amides is 1. The Morgan fingerprint density at radius 2 is 2.09 bits per heavy atom. The number of halogens is 1. The van der Waals surface area contributed by atoms with Crippen LogP contribution >= 0.6 is 11.6 Å². The van der Waals surface area contributed by atoms with Crippen LogP contribution in [0.5, 0.6) is 0 Å². The van der Waals surface area contributed by atoms with Gasteiger partial charge >= 0.3 is 0 Å². The Kier molecular flexibility index (Phi) is 5.34. The summed E-state index contributed by atoms with van der Waals surface area (Å²) < 4.78 is 0. The zero-order valence-electron chi connectivity index (χ0n) is 12.9. The average Bonchev–Trinajstić information content (AvgIpc) is 3.02. The van der Waals surface area contributed by atoms with Gasteiger partial charge in [0.15, 0.2) is 0 Å². The highest BCUT2D eigenvalue weighted by Crippen LogP contribution is 2.32. The maximum atomic E-state index is 12.3. The smallest absolute Gasteiger partial charge is 0.223 e. The fraction of sp³-hybridized carbons (Fsp3) is 0.588. The summed E-state index contributed by atoms with van der Waals surface area (Å²) in [6.45, 7) is 5.44. The average molecular weight is 322 g/mol. The minimum absolute atomic E-state index is 0.290. The molecule has 1 aromatic carbocycles. The molecule has 0 bridgehead atoms. The number of hydrogen-bond acceptors (Lipinski definition) is 3. The molecule has 0 spiro atoms. The van der Waals surface area contributed by atoms with E-state index in [2.05, 4.69) is 22.3 Å². The molecular weight excluding hydrogens is 298 g/mol. The molecule has 2 saturated heterocycles. The molecule has 1 unspecified atom stereocenters. The number of benzene rings is 1. The maximum Gasteiger partial charge on any atom is 0.223 e. The largest absolute Gasteiger partial charge is 0.340 e. The predicted molar refractivity (Wildman–Crippen MR) is 89.1 cm³/mol. The Balaban J connectivity index is 1.56. The lowest BCUT2D eigenvalue weighted by Gasteiger charge is -2.29. The van der Waals surface area contributed by atoms with E-state index < -0.39 is 0 Å². The molecule has 5 heteroatoms. The van der Waals surface area contributed by atoms with E-state index in [0.717, 1.165) is 50.7 Å². The number of rotatable bonds is 4. The Morgan fingerprint density at radius 1 is 1.27 bits per heavy atom. The summed E-state index contributed by atoms with van der Waals surface area (Å²) in [5.74, 6) is 0.290. The van der Waals surface area contributed by atoms with Crippen LogP contribution in [-0.2, 0) is 4.79 Å². The van der Waals surface area contributed by atoms with Gasteiger partial charge in [-0.1, -0.05) is 23.7 Å². The quantitative estimate of drug-likeness (QED) is 0.924. The molecule has 0 saturated carbocycles. The monoisotopic (exact) mass is 321 g/mol. The van der Waals surface area contributed by atoms with Crippen LogP contribution in [0.15, 0.2) is 24.3 Å². The highest BCUT2D eigenvalue weighted by molar-refractivity contribution is 6.30. The molecule has 0 radical (unpaired) electrons. The number of carbonyl (C=O) groups is 1. The number of carbonyl (C=O) groups excluding carboxylic acids is 1. The van der Waals surface area contributed by atoms with Crippen LogP contribution in [0.1, 0.15) is 30.9 Å². The molecule has 2 aliphatic rings. The third-order valence-electron chi connectivity index (χ3n) is 4.68. The van der Waals surface area contributed by atoms with E-state index in [4.69, 9.17) is 11.6 Å². The highest BCUT2D eigenvalue weighted by Gasteiger charge is 2.27. The molecule has 120 valence electrons. The van der Waals surface area contributed by atoms with Crippen LogP contribution in [0.3, 0.4) is 0 Å². The molecule has 1 atom stereocenters. The third-order valence-corrected chi connectivity index (χ3v) is 4.91. The first-order valence-corrected chi connectivity index (χ1v) is 8.60. The van der Waals surface area contributed by atoms with Crippen molar-refractivity contribution in [3.8, 4) is 0 Å². The number of nitrogens with zero attached hydrogens (tertiary/aromatic N) is 2. The van der Waals surface area contributed by atoms with Gasteiger partial charge in [0.05, 0.1) is 0 Å². The number of likely N-dealkylation sites (tertiary alicyclic amines) is 1. The van der Waals surface area contributed by atoms with Gasteiger partial charge in [0.2, 0.25) is 5.91 Å². The van der Waals surface area contributed by atoms with Gasteiger partial charge in [0.25, 0.3) is 0 Å². The lowest BCUT2D eigenvalue weighted by atomic mass is 10.0. The first kappa shape index (κ1) is 15.8. The van der Waals surface area contributed by atoms with Crippen LogP contribution in [0, 0.1) is 0 Å². The van der Waals surface area contributed by atoms with Crippen molar-refractivity contribution in [3.63, 3.8) is 0 Å². The minimum atomic E-state index is 0.290. The summed E-state index contributed by atoms with van der Waals surface area (Å²) in [4.78, 5) is 16.7. The second kappa shape index (κ2) is 7.44. The topological polar surface area (TPSA) is 35.6 Å². The normalized spacial score (nSPS) is 23.0. The molecule has 4 nitrogen and oxygen atoms in total. The second-order valence-corrected chi connectivity index (χ2v) is 6.57. The lowest BCUT2D eigenvalue weighted by Crippen LogP contribution is -2.47. The molecular formula is C17H24ClN3O. The van der Waals surface area contributed by atoms with Gasteiger partial charge in [0, 0.05) is 50.2 Å². The highest BCUT2D eigenvalue weighted by atomic mass is 35.5. The Morgan fingerprint density at radius 3 is 2.86 bits per heavy atom. The number of nitrogens with one attached hydrogen (secondary N) is 1. The van der Waals surface area contributed by atoms with Crippen LogP contribution < -0.4 is 5.32 Å². The van der Waals surface area contributed by atoms with E-state index in [9.17, 15) is 4.79 Å². The van der Waals surface area contributed by atoms with Crippen molar-refractivity contribution < 1.29 is 4.79 Å². The summed E-state index contributed by atoms with van der Waals surface area (Å²) in [6, 6.07) is 8.54. The predicted octanol–water partition coefficient (Wildman–Crippen LogP) is 2.30. The molecule has 1 N–H and O–H groups in total. The molecule has 3 rings (SSSR count). The zero-order chi connectivity index (χ0) is 15.4. The van der Waals surface area contributed by atoms with Crippen molar-refractivity contribution in [1.82, 2.24) is 15.1 Å². The summed E-state index contributed by atoms with van der Waals surface area (Å²) >= 11 is 6.11. The standard InChI is InChI=1S/C17H24ClN3O/c18-15-4-1-3-14(13-15)16-5-2-9-20(16)10-6-17(22)21-11-7-19-8-12-21/h1,3-4,13,16,19H,2,5-12H2. The summed E-state index contributed by atoms with van der Waals surface area (Å²) in [5, 5.41) is 4.08. The van der Waals surface area contributed by atoms with Gasteiger partial charge in [-0.2, -0.15) is 0 Å². The first-order chi connectivity index (χ1) is 10.7. The summed E-state index contributed by atoms with van der Waals surface area (Å²) in [5.41, 5.74) is 1.28. The van der Waals surface area contributed by atoms with Gasteiger partial charge < -0.3 is 10.2 Å². The maximum absolute atomic E-state index is 12.3. The fourth-order valence-corrected chi connectivity index (χ4v) is 3.70. The molecule has 22 heavy (non-hydrogen) atoms. The van der Waals surface area contributed by atoms with Crippen molar-refractivity contribution in [2.45, 2.75) is 25.3 Å². The van der Waals surface area contributed by atoms with Crippen molar-refractivity contribution in [3.05, 3.63) is 34.9 Å². The lowest BCUT2D eigenvalue weighted by molar-refractivity contribution is -0.132. The third kappa shape index (κ3) is 3.80. The van der Waals surface area contributed by atoms with Crippen LogP contribution in [-0.4, -0.2) is 55.0 Å². The van der Waals surface area contributed by atoms with E-state index >= 15 is 0 Å². The van der Waals surface area contributed by atoms with Crippen molar-refractivity contribution >= 4 is 17.5 Å². The van der Waals surface area contributed by atoms with E-state index in [0.29, 0.717) is 18.4 Å². The van der Waals surface area contributed by atoms with Crippen LogP contribution in [0.2, 0.25) is 5.02 Å². The number of hydrogen-bond donors (Lipinski definition) is 1. The van der Waals surface area contributed by atoms with Crippen LogP contribution in [0.25, 0.3) is 0 Å². The Hall–Kier alpha value is -1.10. The summed E-state index contributed by atoms with van der Waals surface area (Å²) in [7, 11) is 0. The van der Waals surface area contributed by atoms with Gasteiger partial charge in [-0.3, -0.25) is 9.69 Å². The molecule has 0 aliphatic carbocycles. The molecule has 2 fully saturated rings. The SMILES string of the molecule is O=C(CCN1CCCC1c1cccc(Cl)c1)N1CCNCC1. The van der Waals surface area contributed by atoms with Crippen molar-refractivity contribution in [2.24, 2.45) is 0 Å². The van der Waals surface area contributed by atoms with Gasteiger partial charge in [-0.25, -0.2) is 0 Å². The zero-order valence-corrected chi connectivity index (χ0v) is 13.7. The molecule has 2 heterocycles. The van der Waals surface area contributed by atoms with Gasteiger partial charge in [-0.15, -0.1) is 0 Å². The van der Waals surface area contributed by atoms with Gasteiger partial charge in [-0.05, 0) is 37.1 Å². The molecule has 1 aromatic rings. The van der Waals surface area contributed by atoms with E-state index in [1.165, 1.54) is 12.0 Å². The van der Waals surface area contributed by atoms with E-state index in [-0.39, 0.29) is 0 Å². The Bertz CT molecular complexity index is 516. The fourth-order valence-electron chi connectivity index (χ4n) is 3.50. The Labute approximate surface area is 137 Å².